The summed E-state index contributed by atoms with van der Waals surface area (Å²) in [5, 5.41) is 17.3. The predicted molar refractivity (Wildman–Crippen MR) is 133 cm³/mol. The lowest BCUT2D eigenvalue weighted by Crippen LogP contribution is -2.53. The van der Waals surface area contributed by atoms with Crippen molar-refractivity contribution in [2.75, 3.05) is 18.4 Å². The van der Waals surface area contributed by atoms with E-state index in [1.807, 2.05) is 19.1 Å². The molecule has 2 aromatic rings. The Morgan fingerprint density at radius 3 is 2.62 bits per heavy atom. The number of benzene rings is 2. The summed E-state index contributed by atoms with van der Waals surface area (Å²) in [7, 11) is 0. The first-order valence-corrected chi connectivity index (χ1v) is 11.9. The van der Waals surface area contributed by atoms with Crippen LogP contribution in [0.15, 0.2) is 49.6 Å². The van der Waals surface area contributed by atoms with Crippen molar-refractivity contribution in [3.8, 4) is 0 Å². The fraction of sp³-hybridized carbons (Fsp3) is 0.429. The highest BCUT2D eigenvalue weighted by Gasteiger charge is 2.46. The van der Waals surface area contributed by atoms with E-state index >= 15 is 0 Å². The van der Waals surface area contributed by atoms with Crippen molar-refractivity contribution < 1.29 is 5.11 Å². The minimum absolute atomic E-state index is 0.0934. The summed E-state index contributed by atoms with van der Waals surface area (Å²) in [5.41, 5.74) is 8.37. The van der Waals surface area contributed by atoms with Crippen molar-refractivity contribution in [1.29, 1.82) is 0 Å². The number of hydrogen-bond acceptors (Lipinski definition) is 4. The Balaban J connectivity index is 1.39. The Morgan fingerprint density at radius 1 is 1.19 bits per heavy atom. The molecule has 2 aliphatic heterocycles. The molecule has 0 radical (unpaired) electrons. The maximum atomic E-state index is 10.1. The molecule has 2 aromatic carbocycles. The van der Waals surface area contributed by atoms with Crippen molar-refractivity contribution in [3.05, 3.63) is 77.4 Å². The van der Waals surface area contributed by atoms with Crippen LogP contribution in [-0.2, 0) is 6.54 Å². The molecule has 3 N–H and O–H groups in total. The maximum Gasteiger partial charge on any atom is 0.117 e. The van der Waals surface area contributed by atoms with Gasteiger partial charge in [0.25, 0.3) is 0 Å². The largest absolute Gasteiger partial charge is 0.508 e. The molecule has 1 aliphatic carbocycles. The normalized spacial score (nSPS) is 24.0. The van der Waals surface area contributed by atoms with Gasteiger partial charge in [0.15, 0.2) is 0 Å². The standard InChI is InChI=1S/C28H35N3O/c1-18-8-9-25(24(16-18)21(4)32)29-17-22-6-5-7-23-20(3)30-27(19(2)26(22)23)31-14-12-28(10-11-28)13-15-31/h5-9,16,19,27,29-30,32H,3-4,10-15,17H2,1-2H3. The van der Waals surface area contributed by atoms with Crippen LogP contribution in [0.2, 0.25) is 0 Å². The van der Waals surface area contributed by atoms with Gasteiger partial charge in [0.1, 0.15) is 5.76 Å². The zero-order valence-electron chi connectivity index (χ0n) is 19.4. The second-order valence-electron chi connectivity index (χ2n) is 10.1. The summed E-state index contributed by atoms with van der Waals surface area (Å²) in [6.45, 7) is 15.5. The maximum absolute atomic E-state index is 10.1. The number of aliphatic hydroxyl groups excluding tert-OH is 1. The lowest BCUT2D eigenvalue weighted by atomic mass is 9.82. The third-order valence-corrected chi connectivity index (χ3v) is 7.94. The average Bonchev–Trinajstić information content (AvgIpc) is 3.54. The van der Waals surface area contributed by atoms with Crippen LogP contribution in [0.25, 0.3) is 11.5 Å². The Morgan fingerprint density at radius 2 is 1.94 bits per heavy atom. The van der Waals surface area contributed by atoms with Crippen molar-refractivity contribution >= 4 is 17.1 Å². The molecule has 4 nitrogen and oxygen atoms in total. The van der Waals surface area contributed by atoms with Crippen LogP contribution in [0, 0.1) is 12.3 Å². The second kappa shape index (κ2) is 8.00. The monoisotopic (exact) mass is 429 g/mol. The Bertz CT molecular complexity index is 1060. The number of anilines is 1. The topological polar surface area (TPSA) is 47.5 Å². The summed E-state index contributed by atoms with van der Waals surface area (Å²) in [6.07, 6.45) is 5.82. The molecular weight excluding hydrogens is 394 g/mol. The van der Waals surface area contributed by atoms with Gasteiger partial charge in [0.05, 0.1) is 6.17 Å². The van der Waals surface area contributed by atoms with Crippen LogP contribution in [0.3, 0.4) is 0 Å². The van der Waals surface area contributed by atoms with Crippen molar-refractivity contribution in [2.24, 2.45) is 5.41 Å². The zero-order chi connectivity index (χ0) is 22.5. The fourth-order valence-corrected chi connectivity index (χ4v) is 5.71. The molecule has 3 aliphatic rings. The van der Waals surface area contributed by atoms with E-state index in [0.29, 0.717) is 24.0 Å². The molecule has 168 valence electrons. The molecule has 2 fully saturated rings. The van der Waals surface area contributed by atoms with E-state index in [0.717, 1.165) is 22.5 Å². The van der Waals surface area contributed by atoms with Gasteiger partial charge in [-0.3, -0.25) is 4.90 Å². The minimum Gasteiger partial charge on any atom is -0.508 e. The number of hydrogen-bond donors (Lipinski definition) is 3. The molecule has 32 heavy (non-hydrogen) atoms. The van der Waals surface area contributed by atoms with Crippen molar-refractivity contribution in [1.82, 2.24) is 10.2 Å². The summed E-state index contributed by atoms with van der Waals surface area (Å²) in [6, 6.07) is 12.6. The minimum atomic E-state index is 0.0934. The smallest absolute Gasteiger partial charge is 0.117 e. The van der Waals surface area contributed by atoms with Gasteiger partial charge in [-0.05, 0) is 61.3 Å². The van der Waals surface area contributed by atoms with E-state index in [-0.39, 0.29) is 5.76 Å². The molecule has 0 bridgehead atoms. The second-order valence-corrected chi connectivity index (χ2v) is 10.1. The predicted octanol–water partition coefficient (Wildman–Crippen LogP) is 6.02. The fourth-order valence-electron chi connectivity index (χ4n) is 5.71. The molecule has 0 amide bonds. The van der Waals surface area contributed by atoms with E-state index in [9.17, 15) is 5.11 Å². The van der Waals surface area contributed by atoms with Gasteiger partial charge in [-0.15, -0.1) is 0 Å². The quantitative estimate of drug-likeness (QED) is 0.509. The van der Waals surface area contributed by atoms with E-state index in [4.69, 9.17) is 0 Å². The van der Waals surface area contributed by atoms with Crippen LogP contribution in [0.4, 0.5) is 5.69 Å². The molecule has 5 rings (SSSR count). The van der Waals surface area contributed by atoms with Gasteiger partial charge in [0, 0.05) is 48.1 Å². The van der Waals surface area contributed by atoms with Gasteiger partial charge in [-0.1, -0.05) is 49.9 Å². The third kappa shape index (κ3) is 3.81. The summed E-state index contributed by atoms with van der Waals surface area (Å²) >= 11 is 0. The Hall–Kier alpha value is -2.72. The molecule has 0 aromatic heterocycles. The first kappa shape index (κ1) is 21.1. The van der Waals surface area contributed by atoms with E-state index in [2.05, 4.69) is 59.9 Å². The number of fused-ring (bicyclic) bond motifs is 1. The molecule has 2 unspecified atom stereocenters. The Labute approximate surface area is 192 Å². The average molecular weight is 430 g/mol. The van der Waals surface area contributed by atoms with Gasteiger partial charge >= 0.3 is 0 Å². The van der Waals surface area contributed by atoms with Crippen molar-refractivity contribution in [3.63, 3.8) is 0 Å². The number of nitrogens with zero attached hydrogens (tertiary/aromatic N) is 1. The number of likely N-dealkylation sites (tertiary alicyclic amines) is 1. The van der Waals surface area contributed by atoms with Crippen LogP contribution >= 0.6 is 0 Å². The lowest BCUT2D eigenvalue weighted by Gasteiger charge is -2.45. The first-order chi connectivity index (χ1) is 15.4. The number of rotatable bonds is 5. The van der Waals surface area contributed by atoms with Gasteiger partial charge in [0.2, 0.25) is 0 Å². The zero-order valence-corrected chi connectivity index (χ0v) is 19.4. The number of nitrogens with one attached hydrogen (secondary N) is 2. The van der Waals surface area contributed by atoms with Gasteiger partial charge in [-0.2, -0.15) is 0 Å². The highest BCUT2D eigenvalue weighted by molar-refractivity contribution is 5.72. The van der Waals surface area contributed by atoms with Crippen molar-refractivity contribution in [2.45, 2.75) is 58.2 Å². The highest BCUT2D eigenvalue weighted by atomic mass is 16.3. The van der Waals surface area contributed by atoms with Crippen LogP contribution < -0.4 is 10.6 Å². The molecule has 4 heteroatoms. The van der Waals surface area contributed by atoms with Crippen LogP contribution in [-0.4, -0.2) is 29.3 Å². The molecule has 1 saturated heterocycles. The van der Waals surface area contributed by atoms with Crippen LogP contribution in [0.1, 0.15) is 66.3 Å². The lowest BCUT2D eigenvalue weighted by molar-refractivity contribution is 0.0972. The summed E-state index contributed by atoms with van der Waals surface area (Å²) in [4.78, 5) is 2.64. The number of aliphatic hydroxyl groups is 1. The first-order valence-electron chi connectivity index (χ1n) is 11.9. The van der Waals surface area contributed by atoms with Gasteiger partial charge in [-0.25, -0.2) is 0 Å². The van der Waals surface area contributed by atoms with Gasteiger partial charge < -0.3 is 15.7 Å². The molecule has 2 atom stereocenters. The van der Waals surface area contributed by atoms with E-state index in [1.54, 1.807) is 0 Å². The number of aryl methyl sites for hydroxylation is 1. The number of piperidine rings is 1. The highest BCUT2D eigenvalue weighted by Crippen LogP contribution is 2.54. The summed E-state index contributed by atoms with van der Waals surface area (Å²) in [5.74, 6) is 0.461. The van der Waals surface area contributed by atoms with Crippen LogP contribution in [0.5, 0.6) is 0 Å². The summed E-state index contributed by atoms with van der Waals surface area (Å²) < 4.78 is 0. The van der Waals surface area contributed by atoms with E-state index < -0.39 is 0 Å². The SMILES string of the molecule is C=C(O)c1cc(C)ccc1NCc1cccc2c1C(C)C(N1CCC3(CC1)CC3)NC2=C. The molecular formula is C28H35N3O. The van der Waals surface area contributed by atoms with E-state index in [1.165, 1.54) is 55.5 Å². The third-order valence-electron chi connectivity index (χ3n) is 7.94. The molecule has 1 saturated carbocycles. The molecule has 2 heterocycles. The Kier molecular flexibility index (Phi) is 5.29. The molecule has 1 spiro atoms.